The van der Waals surface area contributed by atoms with E-state index in [1.165, 1.54) is 12.1 Å². The summed E-state index contributed by atoms with van der Waals surface area (Å²) < 4.78 is 15.8. The first kappa shape index (κ1) is 13.1. The van der Waals surface area contributed by atoms with E-state index in [1.807, 2.05) is 25.7 Å². The second-order valence-corrected chi connectivity index (χ2v) is 5.10. The zero-order chi connectivity index (χ0) is 13.3. The molecule has 5 heteroatoms. The Morgan fingerprint density at radius 2 is 1.94 bits per heavy atom. The van der Waals surface area contributed by atoms with Gasteiger partial charge in [0, 0.05) is 19.8 Å². The molecule has 0 fully saturated rings. The Kier molecular flexibility index (Phi) is 3.71. The van der Waals surface area contributed by atoms with Crippen LogP contribution in [0, 0.1) is 12.7 Å². The second kappa shape index (κ2) is 5.10. The Labute approximate surface area is 114 Å². The van der Waals surface area contributed by atoms with Crippen molar-refractivity contribution in [2.24, 2.45) is 7.05 Å². The van der Waals surface area contributed by atoms with Crippen LogP contribution in [0.1, 0.15) is 11.4 Å². The van der Waals surface area contributed by atoms with Gasteiger partial charge >= 0.3 is 0 Å². The van der Waals surface area contributed by atoms with Crippen LogP contribution in [-0.4, -0.2) is 16.8 Å². The highest BCUT2D eigenvalue weighted by Gasteiger charge is 2.12. The first-order chi connectivity index (χ1) is 8.49. The molecule has 3 nitrogen and oxygen atoms in total. The second-order valence-electron chi connectivity index (χ2n) is 4.30. The summed E-state index contributed by atoms with van der Waals surface area (Å²) in [5.41, 5.74) is 3.04. The van der Waals surface area contributed by atoms with E-state index in [9.17, 15) is 4.39 Å². The van der Waals surface area contributed by atoms with Gasteiger partial charge in [0.2, 0.25) is 0 Å². The fourth-order valence-electron chi connectivity index (χ4n) is 1.86. The van der Waals surface area contributed by atoms with Crippen molar-refractivity contribution < 1.29 is 4.39 Å². The van der Waals surface area contributed by atoms with E-state index >= 15 is 0 Å². The molecule has 96 valence electrons. The van der Waals surface area contributed by atoms with Crippen LogP contribution in [0.3, 0.4) is 0 Å². The predicted octanol–water partition coefficient (Wildman–Crippen LogP) is 3.27. The van der Waals surface area contributed by atoms with Crippen molar-refractivity contribution in [3.8, 4) is 0 Å². The first-order valence-electron chi connectivity index (χ1n) is 5.63. The van der Waals surface area contributed by atoms with E-state index < -0.39 is 0 Å². The maximum Gasteiger partial charge on any atom is 0.123 e. The standard InChI is InChI=1S/C13H15BrFN3/c1-9-13(14)12(18(3)16-9)8-17(2)11-6-4-10(15)5-7-11/h4-7H,8H2,1-3H3. The lowest BCUT2D eigenvalue weighted by Crippen LogP contribution is -2.18. The van der Waals surface area contributed by atoms with Gasteiger partial charge in [-0.3, -0.25) is 4.68 Å². The highest BCUT2D eigenvalue weighted by atomic mass is 79.9. The largest absolute Gasteiger partial charge is 0.369 e. The van der Waals surface area contributed by atoms with E-state index in [0.29, 0.717) is 6.54 Å². The van der Waals surface area contributed by atoms with Gasteiger partial charge in [-0.15, -0.1) is 0 Å². The molecule has 0 atom stereocenters. The molecule has 1 heterocycles. The van der Waals surface area contributed by atoms with Crippen molar-refractivity contribution in [3.05, 3.63) is 45.9 Å². The van der Waals surface area contributed by atoms with Gasteiger partial charge in [-0.05, 0) is 47.1 Å². The van der Waals surface area contributed by atoms with Gasteiger partial charge in [0.25, 0.3) is 0 Å². The van der Waals surface area contributed by atoms with E-state index in [2.05, 4.69) is 25.9 Å². The number of hydrogen-bond acceptors (Lipinski definition) is 2. The molecule has 18 heavy (non-hydrogen) atoms. The Morgan fingerprint density at radius 1 is 1.33 bits per heavy atom. The fraction of sp³-hybridized carbons (Fsp3) is 0.308. The Bertz CT molecular complexity index is 548. The SMILES string of the molecule is Cc1nn(C)c(CN(C)c2ccc(F)cc2)c1Br. The molecular weight excluding hydrogens is 297 g/mol. The molecule has 2 rings (SSSR count). The molecule has 0 bridgehead atoms. The molecule has 2 aromatic rings. The normalized spacial score (nSPS) is 10.7. The van der Waals surface area contributed by atoms with E-state index in [1.54, 1.807) is 12.1 Å². The third kappa shape index (κ3) is 2.56. The molecule has 0 N–H and O–H groups in total. The highest BCUT2D eigenvalue weighted by Crippen LogP contribution is 2.23. The van der Waals surface area contributed by atoms with Crippen LogP contribution in [-0.2, 0) is 13.6 Å². The number of nitrogens with zero attached hydrogens (tertiary/aromatic N) is 3. The van der Waals surface area contributed by atoms with E-state index in [-0.39, 0.29) is 5.82 Å². The summed E-state index contributed by atoms with van der Waals surface area (Å²) in [6.07, 6.45) is 0. The molecule has 0 amide bonds. The third-order valence-corrected chi connectivity index (χ3v) is 3.95. The lowest BCUT2D eigenvalue weighted by Gasteiger charge is -2.19. The number of anilines is 1. The van der Waals surface area contributed by atoms with Crippen molar-refractivity contribution in [3.63, 3.8) is 0 Å². The van der Waals surface area contributed by atoms with Crippen molar-refractivity contribution in [1.82, 2.24) is 9.78 Å². The van der Waals surface area contributed by atoms with Crippen LogP contribution in [0.15, 0.2) is 28.7 Å². The van der Waals surface area contributed by atoms with Crippen molar-refractivity contribution in [2.75, 3.05) is 11.9 Å². The smallest absolute Gasteiger partial charge is 0.123 e. The van der Waals surface area contributed by atoms with Crippen LogP contribution in [0.5, 0.6) is 0 Å². The maximum atomic E-state index is 12.9. The molecule has 0 unspecified atom stereocenters. The number of halogens is 2. The summed E-state index contributed by atoms with van der Waals surface area (Å²) in [4.78, 5) is 2.06. The van der Waals surface area contributed by atoms with Gasteiger partial charge in [-0.1, -0.05) is 0 Å². The summed E-state index contributed by atoms with van der Waals surface area (Å²) in [5, 5.41) is 4.35. The minimum atomic E-state index is -0.218. The number of aromatic nitrogens is 2. The Morgan fingerprint density at radius 3 is 2.44 bits per heavy atom. The predicted molar refractivity (Wildman–Crippen MR) is 74.2 cm³/mol. The molecule has 0 aliphatic carbocycles. The van der Waals surface area contributed by atoms with Crippen LogP contribution >= 0.6 is 15.9 Å². The number of benzene rings is 1. The molecule has 0 aliphatic rings. The van der Waals surface area contributed by atoms with Gasteiger partial charge in [0.15, 0.2) is 0 Å². The van der Waals surface area contributed by atoms with E-state index in [4.69, 9.17) is 0 Å². The van der Waals surface area contributed by atoms with Crippen LogP contribution in [0.4, 0.5) is 10.1 Å². The van der Waals surface area contributed by atoms with Crippen molar-refractivity contribution in [2.45, 2.75) is 13.5 Å². The minimum absolute atomic E-state index is 0.218. The zero-order valence-corrected chi connectivity index (χ0v) is 12.2. The van der Waals surface area contributed by atoms with E-state index in [0.717, 1.165) is 21.5 Å². The fourth-order valence-corrected chi connectivity index (χ4v) is 2.32. The molecular formula is C13H15BrFN3. The summed E-state index contributed by atoms with van der Waals surface area (Å²) in [6, 6.07) is 6.48. The molecule has 0 saturated heterocycles. The molecule has 0 saturated carbocycles. The zero-order valence-electron chi connectivity index (χ0n) is 10.6. The Balaban J connectivity index is 2.21. The van der Waals surface area contributed by atoms with Gasteiger partial charge in [0.1, 0.15) is 5.82 Å². The molecule has 0 spiro atoms. The minimum Gasteiger partial charge on any atom is -0.369 e. The van der Waals surface area contributed by atoms with Crippen molar-refractivity contribution in [1.29, 1.82) is 0 Å². The molecule has 1 aromatic carbocycles. The number of hydrogen-bond donors (Lipinski definition) is 0. The monoisotopic (exact) mass is 311 g/mol. The average molecular weight is 312 g/mol. The summed E-state index contributed by atoms with van der Waals surface area (Å²) in [7, 11) is 3.90. The third-order valence-electron chi connectivity index (χ3n) is 2.92. The van der Waals surface area contributed by atoms with Crippen LogP contribution in [0.25, 0.3) is 0 Å². The van der Waals surface area contributed by atoms with Gasteiger partial charge < -0.3 is 4.90 Å². The quantitative estimate of drug-likeness (QED) is 0.867. The number of rotatable bonds is 3. The summed E-state index contributed by atoms with van der Waals surface area (Å²) in [5.74, 6) is -0.218. The van der Waals surface area contributed by atoms with Gasteiger partial charge in [0.05, 0.1) is 22.4 Å². The molecule has 0 aliphatic heterocycles. The first-order valence-corrected chi connectivity index (χ1v) is 6.43. The lowest BCUT2D eigenvalue weighted by atomic mass is 10.2. The summed E-state index contributed by atoms with van der Waals surface area (Å²) in [6.45, 7) is 2.68. The lowest BCUT2D eigenvalue weighted by molar-refractivity contribution is 0.627. The summed E-state index contributed by atoms with van der Waals surface area (Å²) >= 11 is 3.54. The maximum absolute atomic E-state index is 12.9. The van der Waals surface area contributed by atoms with Crippen LogP contribution < -0.4 is 4.90 Å². The topological polar surface area (TPSA) is 21.1 Å². The number of aryl methyl sites for hydroxylation is 2. The van der Waals surface area contributed by atoms with Gasteiger partial charge in [-0.25, -0.2) is 4.39 Å². The molecule has 0 radical (unpaired) electrons. The van der Waals surface area contributed by atoms with Gasteiger partial charge in [-0.2, -0.15) is 5.10 Å². The van der Waals surface area contributed by atoms with Crippen LogP contribution in [0.2, 0.25) is 0 Å². The molecule has 1 aromatic heterocycles. The Hall–Kier alpha value is -1.36. The average Bonchev–Trinajstić information content (AvgIpc) is 2.57. The highest BCUT2D eigenvalue weighted by molar-refractivity contribution is 9.10. The van der Waals surface area contributed by atoms with Crippen molar-refractivity contribution >= 4 is 21.6 Å².